The van der Waals surface area contributed by atoms with E-state index in [1.807, 2.05) is 53.2 Å². The van der Waals surface area contributed by atoms with Crippen LogP contribution in [0.4, 0.5) is 0 Å². The zero-order chi connectivity index (χ0) is 24.4. The van der Waals surface area contributed by atoms with Crippen molar-refractivity contribution in [3.8, 4) is 22.5 Å². The molecule has 4 aromatic rings. The fourth-order valence-corrected chi connectivity index (χ4v) is 3.56. The first-order valence-electron chi connectivity index (χ1n) is 9.47. The monoisotopic (exact) mass is 786 g/mol. The number of aromatic nitrogens is 4. The Morgan fingerprint density at radius 3 is 2.17 bits per heavy atom. The molecule has 2 heterocycles. The van der Waals surface area contributed by atoms with Gasteiger partial charge in [-0.1, -0.05) is 44.3 Å². The van der Waals surface area contributed by atoms with Crippen LogP contribution in [0.25, 0.3) is 22.5 Å². The maximum atomic E-state index is 9.00. The molecule has 12 heteroatoms. The molecular weight excluding hydrogens is 769 g/mol. The molecule has 4 rings (SSSR count). The molecule has 2 aromatic carbocycles. The predicted octanol–water partition coefficient (Wildman–Crippen LogP) is 5.22. The van der Waals surface area contributed by atoms with E-state index in [0.29, 0.717) is 6.67 Å². The van der Waals surface area contributed by atoms with E-state index < -0.39 is 11.9 Å². The quantitative estimate of drug-likeness (QED) is 0.217. The number of carbonyl (C=O) groups is 2. The number of hydrogen-bond acceptors (Lipinski definition) is 4. The second-order valence-corrected chi connectivity index (χ2v) is 8.14. The minimum absolute atomic E-state index is 0. The summed E-state index contributed by atoms with van der Waals surface area (Å²) < 4.78 is 5.64. The molecule has 0 saturated heterocycles. The van der Waals surface area contributed by atoms with Crippen LogP contribution in [0, 0.1) is 12.3 Å². The Bertz CT molecular complexity index is 1210. The number of benzene rings is 2. The van der Waals surface area contributed by atoms with Gasteiger partial charge in [-0.05, 0) is 12.1 Å². The third-order valence-corrected chi connectivity index (χ3v) is 5.13. The molecule has 0 unspecified atom stereocenters. The van der Waals surface area contributed by atoms with Gasteiger partial charge >= 0.3 is 0 Å². The standard InChI is InChI=1S/C19H12Br2N4.2C2H4O2.2Pd/c20-16-7-3-1-5-14(16)18-10-12-24(23-18)13-25-19(9-11-22-25)15-6-2-4-8-17(15)21;2*1-2(3)4;;/h1-4,6-11H,13H2;2*1H3,(H,3,4);;/q-2;;;;. The van der Waals surface area contributed by atoms with Crippen molar-refractivity contribution in [2.24, 2.45) is 0 Å². The molecule has 0 radical (unpaired) electrons. The van der Waals surface area contributed by atoms with Crippen LogP contribution in [-0.4, -0.2) is 41.7 Å². The van der Waals surface area contributed by atoms with Gasteiger partial charge in [-0.15, -0.1) is 46.4 Å². The number of carboxylic acid groups (broad SMARTS) is 2. The van der Waals surface area contributed by atoms with Gasteiger partial charge in [0.2, 0.25) is 0 Å². The van der Waals surface area contributed by atoms with Crippen molar-refractivity contribution in [3.63, 3.8) is 0 Å². The van der Waals surface area contributed by atoms with Gasteiger partial charge in [-0.3, -0.25) is 14.7 Å². The first kappa shape index (κ1) is 33.1. The van der Waals surface area contributed by atoms with Crippen LogP contribution >= 0.6 is 31.9 Å². The van der Waals surface area contributed by atoms with E-state index in [0.717, 1.165) is 45.3 Å². The second kappa shape index (κ2) is 16.7. The smallest absolute Gasteiger partial charge is 0.300 e. The van der Waals surface area contributed by atoms with Gasteiger partial charge in [0.15, 0.2) is 0 Å². The summed E-state index contributed by atoms with van der Waals surface area (Å²) in [5.74, 6) is -1.67. The molecule has 192 valence electrons. The molecule has 0 aliphatic heterocycles. The molecule has 0 aliphatic carbocycles. The van der Waals surface area contributed by atoms with Crippen molar-refractivity contribution in [1.29, 1.82) is 0 Å². The molecule has 0 bridgehead atoms. The molecule has 35 heavy (non-hydrogen) atoms. The molecular formula is C23H20Br2N4O4Pd2-2. The zero-order valence-corrected chi connectivity index (χ0v) is 24.6. The molecule has 2 N–H and O–H groups in total. The van der Waals surface area contributed by atoms with Gasteiger partial charge in [0, 0.05) is 70.9 Å². The van der Waals surface area contributed by atoms with Crippen molar-refractivity contribution in [1.82, 2.24) is 19.6 Å². The van der Waals surface area contributed by atoms with E-state index in [-0.39, 0.29) is 40.8 Å². The zero-order valence-electron chi connectivity index (χ0n) is 18.4. The number of rotatable bonds is 4. The first-order valence-corrected chi connectivity index (χ1v) is 11.1. The van der Waals surface area contributed by atoms with Crippen molar-refractivity contribution >= 4 is 43.8 Å². The summed E-state index contributed by atoms with van der Waals surface area (Å²) in [5, 5.41) is 23.9. The van der Waals surface area contributed by atoms with Crippen LogP contribution in [0.5, 0.6) is 0 Å². The van der Waals surface area contributed by atoms with Crippen LogP contribution < -0.4 is 0 Å². The fraction of sp³-hybridized carbons (Fsp3) is 0.130. The van der Waals surface area contributed by atoms with Crippen LogP contribution in [0.3, 0.4) is 0 Å². The number of halogens is 2. The summed E-state index contributed by atoms with van der Waals surface area (Å²) in [4.78, 5) is 18.0. The minimum Gasteiger partial charge on any atom is -0.481 e. The number of hydrogen-bond donors (Lipinski definition) is 2. The second-order valence-electron chi connectivity index (χ2n) is 6.43. The third kappa shape index (κ3) is 11.1. The van der Waals surface area contributed by atoms with E-state index in [2.05, 4.69) is 60.4 Å². The van der Waals surface area contributed by atoms with Crippen molar-refractivity contribution in [2.75, 3.05) is 0 Å². The Balaban J connectivity index is 0.00000102. The van der Waals surface area contributed by atoms with E-state index in [1.54, 1.807) is 10.9 Å². The largest absolute Gasteiger partial charge is 0.481 e. The molecule has 0 aliphatic rings. The van der Waals surface area contributed by atoms with Gasteiger partial charge in [-0.2, -0.15) is 16.7 Å². The van der Waals surface area contributed by atoms with Gasteiger partial charge in [-0.25, -0.2) is 4.68 Å². The maximum absolute atomic E-state index is 9.00. The van der Waals surface area contributed by atoms with Crippen LogP contribution in [0.15, 0.2) is 69.7 Å². The molecule has 0 saturated carbocycles. The Morgan fingerprint density at radius 2 is 1.57 bits per heavy atom. The fourth-order valence-electron chi connectivity index (χ4n) is 2.60. The number of aliphatic carboxylic acids is 2. The average Bonchev–Trinajstić information content (AvgIpc) is 3.38. The Kier molecular flexibility index (Phi) is 15.8. The normalized spacial score (nSPS) is 9.26. The van der Waals surface area contributed by atoms with Crippen LogP contribution in [-0.2, 0) is 57.1 Å². The molecule has 2 aromatic heterocycles. The van der Waals surface area contributed by atoms with Gasteiger partial charge in [0.1, 0.15) is 6.67 Å². The summed E-state index contributed by atoms with van der Waals surface area (Å²) >= 11 is 7.14. The Morgan fingerprint density at radius 1 is 0.971 bits per heavy atom. The Hall–Kier alpha value is -1.92. The minimum atomic E-state index is -0.833. The SMILES string of the molecule is Brc1ccc[c-]c1-c1c[c-]n(Cn2nccc2-c2ccccc2Br)n1.CC(=O)O.CC(=O)O.[Pd].[Pd]. The third-order valence-electron chi connectivity index (χ3n) is 3.77. The van der Waals surface area contributed by atoms with E-state index in [1.165, 1.54) is 0 Å². The van der Waals surface area contributed by atoms with Crippen molar-refractivity contribution < 1.29 is 60.6 Å². The first-order chi connectivity index (χ1) is 15.7. The van der Waals surface area contributed by atoms with Crippen LogP contribution in [0.1, 0.15) is 13.8 Å². The van der Waals surface area contributed by atoms with Crippen molar-refractivity contribution in [2.45, 2.75) is 20.5 Å². The number of carboxylic acids is 2. The number of nitrogens with zero attached hydrogens (tertiary/aromatic N) is 4. The van der Waals surface area contributed by atoms with Gasteiger partial charge < -0.3 is 14.9 Å². The van der Waals surface area contributed by atoms with Gasteiger partial charge in [0.25, 0.3) is 11.9 Å². The predicted molar refractivity (Wildman–Crippen MR) is 130 cm³/mol. The van der Waals surface area contributed by atoms with E-state index >= 15 is 0 Å². The summed E-state index contributed by atoms with van der Waals surface area (Å²) in [5.41, 5.74) is 3.85. The van der Waals surface area contributed by atoms with Crippen molar-refractivity contribution in [3.05, 3.63) is 82.0 Å². The molecule has 0 amide bonds. The summed E-state index contributed by atoms with van der Waals surface area (Å²) in [6, 6.07) is 20.9. The molecule has 0 fully saturated rings. The summed E-state index contributed by atoms with van der Waals surface area (Å²) in [6.45, 7) is 2.65. The molecule has 0 spiro atoms. The summed E-state index contributed by atoms with van der Waals surface area (Å²) in [7, 11) is 0. The average molecular weight is 789 g/mol. The van der Waals surface area contributed by atoms with Crippen LogP contribution in [0.2, 0.25) is 0 Å². The maximum Gasteiger partial charge on any atom is 0.300 e. The topological polar surface area (TPSA) is 110 Å². The Labute approximate surface area is 247 Å². The van der Waals surface area contributed by atoms with E-state index in [9.17, 15) is 0 Å². The molecule has 0 atom stereocenters. The summed E-state index contributed by atoms with van der Waals surface area (Å²) in [6.07, 6.45) is 4.95. The van der Waals surface area contributed by atoms with E-state index in [4.69, 9.17) is 19.8 Å². The van der Waals surface area contributed by atoms with Gasteiger partial charge in [0.05, 0.1) is 5.69 Å². The molecule has 8 nitrogen and oxygen atoms in total.